The van der Waals surface area contributed by atoms with Crippen molar-refractivity contribution in [3.63, 3.8) is 0 Å². The van der Waals surface area contributed by atoms with Gasteiger partial charge in [0.25, 0.3) is 0 Å². The molecule has 1 saturated heterocycles. The lowest BCUT2D eigenvalue weighted by Gasteiger charge is -2.33. The molecule has 1 aromatic carbocycles. The van der Waals surface area contributed by atoms with Crippen molar-refractivity contribution in [2.45, 2.75) is 20.8 Å². The van der Waals surface area contributed by atoms with Crippen LogP contribution in [0.25, 0.3) is 0 Å². The van der Waals surface area contributed by atoms with Gasteiger partial charge in [-0.2, -0.15) is 4.98 Å². The Kier molecular flexibility index (Phi) is 10.8. The monoisotopic (exact) mass is 512 g/mol. The van der Waals surface area contributed by atoms with Crippen LogP contribution in [-0.2, 0) is 0 Å². The second-order valence-electron chi connectivity index (χ2n) is 7.81. The van der Waals surface area contributed by atoms with E-state index in [1.165, 1.54) is 17.7 Å². The summed E-state index contributed by atoms with van der Waals surface area (Å²) in [7, 11) is 0. The Morgan fingerprint density at radius 2 is 1.91 bits per heavy atom. The number of thioether (sulfide) groups is 1. The summed E-state index contributed by atoms with van der Waals surface area (Å²) < 4.78 is 15.7. The molecule has 0 amide bonds. The van der Waals surface area contributed by atoms with E-state index in [2.05, 4.69) is 50.1 Å². The molecular formula is C26H33FN6S2. The van der Waals surface area contributed by atoms with Crippen LogP contribution in [0.2, 0.25) is 0 Å². The highest BCUT2D eigenvalue weighted by molar-refractivity contribution is 8.13. The molecule has 0 spiro atoms. The molecule has 0 bridgehead atoms. The number of allylic oxidation sites excluding steroid dienone is 5. The number of benzene rings is 1. The minimum absolute atomic E-state index is 0.270. The Morgan fingerprint density at radius 3 is 2.57 bits per heavy atom. The summed E-state index contributed by atoms with van der Waals surface area (Å²) in [5.41, 5.74) is 2.79. The summed E-state index contributed by atoms with van der Waals surface area (Å²) in [5, 5.41) is 6.29. The third-order valence-electron chi connectivity index (χ3n) is 5.14. The highest BCUT2D eigenvalue weighted by Gasteiger charge is 2.21. The first-order valence-electron chi connectivity index (χ1n) is 11.7. The van der Waals surface area contributed by atoms with E-state index in [0.717, 1.165) is 42.6 Å². The van der Waals surface area contributed by atoms with E-state index in [-0.39, 0.29) is 5.82 Å². The molecule has 186 valence electrons. The molecule has 1 aromatic heterocycles. The van der Waals surface area contributed by atoms with Gasteiger partial charge in [-0.05, 0) is 56.7 Å². The van der Waals surface area contributed by atoms with Crippen LogP contribution in [0.15, 0.2) is 70.6 Å². The molecule has 0 unspecified atom stereocenters. The summed E-state index contributed by atoms with van der Waals surface area (Å²) in [5.74, 6) is 1.07. The zero-order chi connectivity index (χ0) is 25.0. The summed E-state index contributed by atoms with van der Waals surface area (Å²) >= 11 is 3.30. The number of nitrogens with one attached hydrogen (secondary N) is 1. The molecule has 6 nitrogen and oxygen atoms in total. The second kappa shape index (κ2) is 14.1. The van der Waals surface area contributed by atoms with Gasteiger partial charge in [0, 0.05) is 44.5 Å². The molecule has 9 heteroatoms. The smallest absolute Gasteiger partial charge is 0.228 e. The van der Waals surface area contributed by atoms with Gasteiger partial charge >= 0.3 is 0 Å². The molecule has 2 heterocycles. The number of anilines is 3. The first kappa shape index (κ1) is 27.0. The molecule has 35 heavy (non-hydrogen) atoms. The van der Waals surface area contributed by atoms with Crippen molar-refractivity contribution < 1.29 is 4.39 Å². The van der Waals surface area contributed by atoms with Crippen molar-refractivity contribution in [3.8, 4) is 0 Å². The van der Waals surface area contributed by atoms with Gasteiger partial charge in [0.05, 0.1) is 0 Å². The Balaban J connectivity index is 1.73. The molecule has 1 aliphatic rings. The lowest BCUT2D eigenvalue weighted by molar-refractivity contribution is 0.428. The Hall–Kier alpha value is -2.62. The Labute approximate surface area is 216 Å². The summed E-state index contributed by atoms with van der Waals surface area (Å²) in [4.78, 5) is 16.4. The van der Waals surface area contributed by atoms with Crippen LogP contribution in [0.3, 0.4) is 0 Å². The van der Waals surface area contributed by atoms with Gasteiger partial charge in [0.15, 0.2) is 0 Å². The third kappa shape index (κ3) is 8.52. The Morgan fingerprint density at radius 1 is 1.17 bits per heavy atom. The highest BCUT2D eigenvalue weighted by Crippen LogP contribution is 2.23. The van der Waals surface area contributed by atoms with E-state index >= 15 is 0 Å². The van der Waals surface area contributed by atoms with E-state index < -0.39 is 0 Å². The number of rotatable bonds is 9. The maximum Gasteiger partial charge on any atom is 0.228 e. The minimum atomic E-state index is -0.270. The summed E-state index contributed by atoms with van der Waals surface area (Å²) in [6, 6.07) is 8.16. The molecule has 3 rings (SSSR count). The fourth-order valence-corrected chi connectivity index (χ4v) is 4.72. The topological polar surface area (TPSA) is 56.6 Å². The first-order chi connectivity index (χ1) is 17.0. The largest absolute Gasteiger partial charge is 0.340 e. The molecule has 0 aliphatic carbocycles. The highest BCUT2D eigenvalue weighted by atomic mass is 32.2. The van der Waals surface area contributed by atoms with Crippen molar-refractivity contribution in [3.05, 3.63) is 77.1 Å². The minimum Gasteiger partial charge on any atom is -0.340 e. The zero-order valence-electron chi connectivity index (χ0n) is 20.7. The summed E-state index contributed by atoms with van der Waals surface area (Å²) in [6.07, 6.45) is 10.3. The van der Waals surface area contributed by atoms with Crippen molar-refractivity contribution in [2.24, 2.45) is 4.99 Å². The molecular weight excluding hydrogens is 479 g/mol. The lowest BCUT2D eigenvalue weighted by Crippen LogP contribution is -2.44. The molecule has 0 atom stereocenters. The number of aliphatic imine (C=N–C) groups is 1. The van der Waals surface area contributed by atoms with E-state index in [9.17, 15) is 4.39 Å². The summed E-state index contributed by atoms with van der Waals surface area (Å²) in [6.45, 7) is 10.3. The van der Waals surface area contributed by atoms with Crippen LogP contribution in [0.4, 0.5) is 21.8 Å². The van der Waals surface area contributed by atoms with Gasteiger partial charge in [-0.3, -0.25) is 4.99 Å². The maximum atomic E-state index is 13.3. The van der Waals surface area contributed by atoms with Gasteiger partial charge in [0.2, 0.25) is 5.95 Å². The van der Waals surface area contributed by atoms with Crippen LogP contribution in [0.1, 0.15) is 26.5 Å². The van der Waals surface area contributed by atoms with Crippen molar-refractivity contribution in [2.75, 3.05) is 49.2 Å². The second-order valence-corrected chi connectivity index (χ2v) is 9.61. The number of piperazine rings is 1. The first-order valence-corrected chi connectivity index (χ1v) is 13.7. The van der Waals surface area contributed by atoms with Crippen molar-refractivity contribution >= 4 is 46.2 Å². The van der Waals surface area contributed by atoms with Crippen LogP contribution in [0, 0.1) is 5.82 Å². The van der Waals surface area contributed by atoms with Crippen LogP contribution in [0.5, 0.6) is 0 Å². The zero-order valence-corrected chi connectivity index (χ0v) is 22.4. The molecule has 0 saturated carbocycles. The van der Waals surface area contributed by atoms with Gasteiger partial charge in [-0.15, -0.1) is 11.8 Å². The average Bonchev–Trinajstić information content (AvgIpc) is 2.87. The Bertz CT molecular complexity index is 1070. The normalized spacial score (nSPS) is 16.0. The van der Waals surface area contributed by atoms with Gasteiger partial charge in [-0.25, -0.2) is 13.7 Å². The number of hydrogen-bond donors (Lipinski definition) is 1. The number of nitrogens with zero attached hydrogens (tertiary/aromatic N) is 5. The van der Waals surface area contributed by atoms with Gasteiger partial charge < -0.3 is 10.2 Å². The van der Waals surface area contributed by atoms with E-state index in [1.54, 1.807) is 35.8 Å². The molecule has 2 aromatic rings. The third-order valence-corrected chi connectivity index (χ3v) is 6.81. The van der Waals surface area contributed by atoms with Gasteiger partial charge in [-0.1, -0.05) is 41.8 Å². The molecule has 1 aliphatic heterocycles. The number of hydrogen-bond acceptors (Lipinski definition) is 8. The predicted octanol–water partition coefficient (Wildman–Crippen LogP) is 6.30. The maximum absolute atomic E-state index is 13.3. The number of aromatic nitrogens is 2. The fourth-order valence-electron chi connectivity index (χ4n) is 3.45. The molecule has 0 radical (unpaired) electrons. The van der Waals surface area contributed by atoms with E-state index in [4.69, 9.17) is 9.97 Å². The van der Waals surface area contributed by atoms with Gasteiger partial charge in [0.1, 0.15) is 22.4 Å². The average molecular weight is 513 g/mol. The fraction of sp³-hybridized carbons (Fsp3) is 0.346. The predicted molar refractivity (Wildman–Crippen MR) is 151 cm³/mol. The molecule has 1 N–H and O–H groups in total. The van der Waals surface area contributed by atoms with E-state index in [1.807, 2.05) is 32.2 Å². The molecule has 1 fully saturated rings. The lowest BCUT2D eigenvalue weighted by atomic mass is 10.2. The van der Waals surface area contributed by atoms with Crippen molar-refractivity contribution in [1.82, 2.24) is 14.3 Å². The quantitative estimate of drug-likeness (QED) is 0.183. The number of halogens is 1. The van der Waals surface area contributed by atoms with Crippen LogP contribution in [-0.4, -0.2) is 58.3 Å². The van der Waals surface area contributed by atoms with E-state index in [0.29, 0.717) is 18.3 Å². The SMILES string of the molecule is C\C=C/C(C)=C\C=C\SN1CCN(c2nc(Nc3ccc(F)cc3)cc(C(=NCC)SC)n2)CC1. The standard InChI is InChI=1S/C26H33FN6S2/c1-5-8-20(3)9-7-18-35-33-16-14-32(15-17-33)26-30-23(25(34-4)28-6-2)19-24(31-26)29-22-12-10-21(27)11-13-22/h5,7-13,18-19H,6,14-17H2,1-4H3,(H,29,30,31)/b8-5-,18-7+,20-9-,28-25?. The van der Waals surface area contributed by atoms with Crippen molar-refractivity contribution in [1.29, 1.82) is 0 Å². The van der Waals surface area contributed by atoms with Crippen LogP contribution < -0.4 is 10.2 Å². The van der Waals surface area contributed by atoms with Crippen LogP contribution >= 0.6 is 23.7 Å².